The highest BCUT2D eigenvalue weighted by Crippen LogP contribution is 2.25. The highest BCUT2D eigenvalue weighted by molar-refractivity contribution is 5.95. The summed E-state index contributed by atoms with van der Waals surface area (Å²) in [7, 11) is 0. The predicted octanol–water partition coefficient (Wildman–Crippen LogP) is 2.25. The first kappa shape index (κ1) is 34.1. The molecular formula is C33H41N7O5. The van der Waals surface area contributed by atoms with Crippen molar-refractivity contribution in [1.29, 1.82) is 0 Å². The van der Waals surface area contributed by atoms with Gasteiger partial charge in [0.1, 0.15) is 11.8 Å². The van der Waals surface area contributed by atoms with Gasteiger partial charge in [0.25, 0.3) is 0 Å². The van der Waals surface area contributed by atoms with Crippen molar-refractivity contribution in [3.8, 4) is 5.75 Å². The van der Waals surface area contributed by atoms with E-state index < -0.39 is 18.0 Å². The second kappa shape index (κ2) is 18.3. The molecule has 0 spiro atoms. The molecule has 3 aromatic rings. The van der Waals surface area contributed by atoms with Crippen LogP contribution in [0.3, 0.4) is 0 Å². The Morgan fingerprint density at radius 3 is 2.00 bits per heavy atom. The zero-order valence-corrected chi connectivity index (χ0v) is 25.3. The lowest BCUT2D eigenvalue weighted by Crippen LogP contribution is -2.48. The third-order valence-electron chi connectivity index (χ3n) is 6.79. The number of carbonyl (C=O) groups excluding carboxylic acids is 4. The van der Waals surface area contributed by atoms with Gasteiger partial charge in [0, 0.05) is 32.6 Å². The van der Waals surface area contributed by atoms with Crippen molar-refractivity contribution in [3.63, 3.8) is 0 Å². The number of nitrogens with two attached hydrogens (primary N) is 1. The van der Waals surface area contributed by atoms with Crippen molar-refractivity contribution in [2.24, 2.45) is 10.7 Å². The van der Waals surface area contributed by atoms with Crippen molar-refractivity contribution < 1.29 is 24.3 Å². The van der Waals surface area contributed by atoms with Crippen molar-refractivity contribution in [1.82, 2.24) is 26.6 Å². The molecule has 3 rings (SSSR count). The molecular weight excluding hydrogens is 574 g/mol. The zero-order chi connectivity index (χ0) is 32.4. The van der Waals surface area contributed by atoms with Crippen molar-refractivity contribution >= 4 is 29.7 Å². The molecule has 0 fully saturated rings. The maximum Gasteiger partial charge on any atom is 0.321 e. The van der Waals surface area contributed by atoms with Gasteiger partial charge in [0.15, 0.2) is 5.96 Å². The number of benzene rings is 3. The topological polar surface area (TPSA) is 187 Å². The SMILES string of the molecule is CCC(=O)NCCNC(=O)NC(N)=NCCC[C@@H](NC(=O)C(c1ccccc1)c1ccccc1)C(=O)NCc1ccc(O)cc1. The summed E-state index contributed by atoms with van der Waals surface area (Å²) in [6.45, 7) is 2.64. The minimum atomic E-state index is -0.879. The number of guanidine groups is 1. The van der Waals surface area contributed by atoms with Crippen LogP contribution in [0.25, 0.3) is 0 Å². The van der Waals surface area contributed by atoms with Crippen LogP contribution >= 0.6 is 0 Å². The standard InChI is InChI=1S/C33H41N7O5/c1-2-28(42)35-20-21-37-33(45)40-32(34)36-19-9-14-27(30(43)38-22-23-15-17-26(41)18-16-23)39-31(44)29(24-10-5-3-6-11-24)25-12-7-4-8-13-25/h3-8,10-13,15-18,27,29,41H,2,9,14,19-22H2,1H3,(H,35,42)(H,38,43)(H,39,44)(H4,34,36,37,40,45)/t27-/m1/s1. The summed E-state index contributed by atoms with van der Waals surface area (Å²) in [5, 5.41) is 23.0. The van der Waals surface area contributed by atoms with E-state index in [0.29, 0.717) is 12.8 Å². The number of nitrogens with zero attached hydrogens (tertiary/aromatic N) is 1. The Labute approximate surface area is 262 Å². The number of urea groups is 1. The molecule has 12 nitrogen and oxygen atoms in total. The van der Waals surface area contributed by atoms with Crippen LogP contribution in [0.4, 0.5) is 4.79 Å². The van der Waals surface area contributed by atoms with E-state index >= 15 is 0 Å². The van der Waals surface area contributed by atoms with E-state index in [9.17, 15) is 24.3 Å². The number of carbonyl (C=O) groups is 4. The summed E-state index contributed by atoms with van der Waals surface area (Å²) in [4.78, 5) is 54.5. The Morgan fingerprint density at radius 2 is 1.40 bits per heavy atom. The van der Waals surface area contributed by atoms with E-state index in [0.717, 1.165) is 16.7 Å². The molecule has 0 aliphatic rings. The molecule has 0 saturated heterocycles. The zero-order valence-electron chi connectivity index (χ0n) is 25.3. The molecule has 0 heterocycles. The van der Waals surface area contributed by atoms with E-state index in [2.05, 4.69) is 31.6 Å². The van der Waals surface area contributed by atoms with Gasteiger partial charge >= 0.3 is 6.03 Å². The fourth-order valence-electron chi connectivity index (χ4n) is 4.43. The highest BCUT2D eigenvalue weighted by atomic mass is 16.3. The van der Waals surface area contributed by atoms with E-state index in [1.165, 1.54) is 12.1 Å². The molecule has 5 amide bonds. The van der Waals surface area contributed by atoms with Gasteiger partial charge in [-0.3, -0.25) is 24.7 Å². The Bertz CT molecular complexity index is 1380. The first-order valence-corrected chi connectivity index (χ1v) is 14.8. The van der Waals surface area contributed by atoms with Crippen LogP contribution in [0.1, 0.15) is 48.8 Å². The minimum absolute atomic E-state index is 0.101. The van der Waals surface area contributed by atoms with Crippen molar-refractivity contribution in [2.45, 2.75) is 44.7 Å². The van der Waals surface area contributed by atoms with Crippen LogP contribution in [0.15, 0.2) is 89.9 Å². The highest BCUT2D eigenvalue weighted by Gasteiger charge is 2.27. The lowest BCUT2D eigenvalue weighted by atomic mass is 9.90. The van der Waals surface area contributed by atoms with Crippen LogP contribution in [0, 0.1) is 0 Å². The maximum absolute atomic E-state index is 13.8. The predicted molar refractivity (Wildman–Crippen MR) is 172 cm³/mol. The van der Waals surface area contributed by atoms with E-state index in [1.807, 2.05) is 60.7 Å². The van der Waals surface area contributed by atoms with E-state index in [1.54, 1.807) is 19.1 Å². The quantitative estimate of drug-likeness (QED) is 0.0780. The number of nitrogens with one attached hydrogen (secondary N) is 5. The van der Waals surface area contributed by atoms with Gasteiger partial charge in [-0.2, -0.15) is 0 Å². The molecule has 0 aliphatic carbocycles. The van der Waals surface area contributed by atoms with Gasteiger partial charge in [0.2, 0.25) is 17.7 Å². The van der Waals surface area contributed by atoms with Gasteiger partial charge in [-0.1, -0.05) is 79.7 Å². The minimum Gasteiger partial charge on any atom is -0.508 e. The fraction of sp³-hybridized carbons (Fsp3) is 0.303. The second-order valence-corrected chi connectivity index (χ2v) is 10.2. The molecule has 12 heteroatoms. The summed E-state index contributed by atoms with van der Waals surface area (Å²) in [5.74, 6) is -1.43. The largest absolute Gasteiger partial charge is 0.508 e. The molecule has 0 unspecified atom stereocenters. The van der Waals surface area contributed by atoms with Gasteiger partial charge in [0.05, 0.1) is 5.92 Å². The number of amides is 5. The summed E-state index contributed by atoms with van der Waals surface area (Å²) < 4.78 is 0. The average Bonchev–Trinajstić information content (AvgIpc) is 3.05. The molecule has 3 aromatic carbocycles. The van der Waals surface area contributed by atoms with Crippen LogP contribution < -0.4 is 32.3 Å². The third-order valence-corrected chi connectivity index (χ3v) is 6.79. The Hall–Kier alpha value is -5.39. The van der Waals surface area contributed by atoms with Gasteiger partial charge in [-0.25, -0.2) is 4.79 Å². The number of aliphatic imine (C=N–C) groups is 1. The summed E-state index contributed by atoms with van der Waals surface area (Å²) in [5.41, 5.74) is 8.20. The van der Waals surface area contributed by atoms with Gasteiger partial charge in [-0.15, -0.1) is 0 Å². The van der Waals surface area contributed by atoms with Gasteiger partial charge in [-0.05, 0) is 41.7 Å². The van der Waals surface area contributed by atoms with Crippen LogP contribution in [-0.2, 0) is 20.9 Å². The number of phenols is 1. The van der Waals surface area contributed by atoms with E-state index in [-0.39, 0.29) is 62.0 Å². The molecule has 0 saturated carbocycles. The van der Waals surface area contributed by atoms with E-state index in [4.69, 9.17) is 5.73 Å². The number of hydrogen-bond donors (Lipinski definition) is 7. The molecule has 45 heavy (non-hydrogen) atoms. The first-order valence-electron chi connectivity index (χ1n) is 14.8. The van der Waals surface area contributed by atoms with Crippen molar-refractivity contribution in [3.05, 3.63) is 102 Å². The molecule has 0 radical (unpaired) electrons. The number of aromatic hydroxyl groups is 1. The van der Waals surface area contributed by atoms with Crippen LogP contribution in [0.5, 0.6) is 5.75 Å². The smallest absolute Gasteiger partial charge is 0.321 e. The lowest BCUT2D eigenvalue weighted by molar-refractivity contribution is -0.129. The molecule has 0 aromatic heterocycles. The molecule has 1 atom stereocenters. The maximum atomic E-state index is 13.8. The van der Waals surface area contributed by atoms with Crippen molar-refractivity contribution in [2.75, 3.05) is 19.6 Å². The third kappa shape index (κ3) is 12.0. The molecule has 238 valence electrons. The Kier molecular flexibility index (Phi) is 13.9. The van der Waals surface area contributed by atoms with Crippen LogP contribution in [-0.4, -0.2) is 60.5 Å². The second-order valence-electron chi connectivity index (χ2n) is 10.2. The fourth-order valence-corrected chi connectivity index (χ4v) is 4.43. The monoisotopic (exact) mass is 615 g/mol. The normalized spacial score (nSPS) is 11.7. The average molecular weight is 616 g/mol. The first-order chi connectivity index (χ1) is 21.8. The summed E-state index contributed by atoms with van der Waals surface area (Å²) in [6.07, 6.45) is 0.993. The lowest BCUT2D eigenvalue weighted by Gasteiger charge is -2.23. The Morgan fingerprint density at radius 1 is 0.800 bits per heavy atom. The molecule has 0 bridgehead atoms. The number of phenolic OH excluding ortho intramolecular Hbond substituents is 1. The number of rotatable bonds is 15. The summed E-state index contributed by atoms with van der Waals surface area (Å²) >= 11 is 0. The number of hydrogen-bond acceptors (Lipinski definition) is 6. The molecule has 8 N–H and O–H groups in total. The Balaban J connectivity index is 1.64. The van der Waals surface area contributed by atoms with Gasteiger partial charge < -0.3 is 32.1 Å². The summed E-state index contributed by atoms with van der Waals surface area (Å²) in [6, 6.07) is 23.7. The van der Waals surface area contributed by atoms with Crippen LogP contribution in [0.2, 0.25) is 0 Å². The molecule has 0 aliphatic heterocycles.